The highest BCUT2D eigenvalue weighted by Gasteiger charge is 2.11. The van der Waals surface area contributed by atoms with Crippen molar-refractivity contribution in [2.24, 2.45) is 0 Å². The number of hydrogen-bond acceptors (Lipinski definition) is 4. The van der Waals surface area contributed by atoms with Crippen LogP contribution in [-0.2, 0) is 11.2 Å². The summed E-state index contributed by atoms with van der Waals surface area (Å²) in [6.07, 6.45) is 3.27. The molecule has 3 nitrogen and oxygen atoms in total. The van der Waals surface area contributed by atoms with E-state index in [9.17, 15) is 0 Å². The second-order valence-electron chi connectivity index (χ2n) is 4.07. The van der Waals surface area contributed by atoms with Gasteiger partial charge in [-0.3, -0.25) is 0 Å². The highest BCUT2D eigenvalue weighted by atomic mass is 32.1. The zero-order valence-corrected chi connectivity index (χ0v) is 11.5. The molecule has 1 aromatic heterocycles. The molecule has 4 heteroatoms. The average Bonchev–Trinajstić information content (AvgIpc) is 2.57. The molecule has 0 aliphatic heterocycles. The van der Waals surface area contributed by atoms with E-state index in [0.29, 0.717) is 6.04 Å². The van der Waals surface area contributed by atoms with Gasteiger partial charge >= 0.3 is 0 Å². The lowest BCUT2D eigenvalue weighted by Crippen LogP contribution is -2.27. The number of ether oxygens (including phenoxy) is 1. The summed E-state index contributed by atoms with van der Waals surface area (Å²) in [5, 5.41) is 4.59. The Morgan fingerprint density at radius 1 is 1.44 bits per heavy atom. The van der Waals surface area contributed by atoms with Crippen molar-refractivity contribution in [3.63, 3.8) is 0 Å². The zero-order chi connectivity index (χ0) is 12.0. The van der Waals surface area contributed by atoms with Crippen molar-refractivity contribution < 1.29 is 4.74 Å². The normalized spacial score (nSPS) is 13.0. The standard InChI is InChI=1S/C12H22N2OS/c1-9-10(2)16-12(14-9)8-11(13-3)6-5-7-15-4/h11,13H,5-8H2,1-4H3. The minimum Gasteiger partial charge on any atom is -0.385 e. The largest absolute Gasteiger partial charge is 0.385 e. The van der Waals surface area contributed by atoms with Gasteiger partial charge in [0.05, 0.1) is 10.7 Å². The Morgan fingerprint density at radius 2 is 2.19 bits per heavy atom. The van der Waals surface area contributed by atoms with Crippen LogP contribution in [0.1, 0.15) is 28.4 Å². The number of aromatic nitrogens is 1. The van der Waals surface area contributed by atoms with Crippen molar-refractivity contribution >= 4 is 11.3 Å². The Bertz CT molecular complexity index is 292. The van der Waals surface area contributed by atoms with Crippen molar-refractivity contribution in [3.05, 3.63) is 15.6 Å². The molecule has 0 aromatic carbocycles. The summed E-state index contributed by atoms with van der Waals surface area (Å²) in [5.74, 6) is 0. The summed E-state index contributed by atoms with van der Waals surface area (Å²) >= 11 is 1.81. The van der Waals surface area contributed by atoms with Crippen LogP contribution in [0.15, 0.2) is 0 Å². The van der Waals surface area contributed by atoms with E-state index < -0.39 is 0 Å². The average molecular weight is 242 g/mol. The molecule has 0 aliphatic carbocycles. The van der Waals surface area contributed by atoms with Gasteiger partial charge in [0.15, 0.2) is 0 Å². The number of thiazole rings is 1. The second-order valence-corrected chi connectivity index (χ2v) is 5.36. The van der Waals surface area contributed by atoms with Crippen molar-refractivity contribution in [3.8, 4) is 0 Å². The van der Waals surface area contributed by atoms with E-state index >= 15 is 0 Å². The van der Waals surface area contributed by atoms with Crippen LogP contribution >= 0.6 is 11.3 Å². The van der Waals surface area contributed by atoms with E-state index in [1.54, 1.807) is 7.11 Å². The van der Waals surface area contributed by atoms with Gasteiger partial charge in [-0.2, -0.15) is 0 Å². The molecule has 1 unspecified atom stereocenters. The molecule has 0 fully saturated rings. The molecule has 1 N–H and O–H groups in total. The van der Waals surface area contributed by atoms with Crippen LogP contribution in [0.4, 0.5) is 0 Å². The lowest BCUT2D eigenvalue weighted by molar-refractivity contribution is 0.189. The quantitative estimate of drug-likeness (QED) is 0.745. The molecule has 0 amide bonds. The Kier molecular flexibility index (Phi) is 5.95. The van der Waals surface area contributed by atoms with E-state index in [1.807, 2.05) is 18.4 Å². The predicted octanol–water partition coefficient (Wildman–Crippen LogP) is 2.32. The molecule has 0 spiro atoms. The maximum Gasteiger partial charge on any atom is 0.0946 e. The van der Waals surface area contributed by atoms with Gasteiger partial charge in [0.25, 0.3) is 0 Å². The smallest absolute Gasteiger partial charge is 0.0946 e. The van der Waals surface area contributed by atoms with Gasteiger partial charge in [-0.1, -0.05) is 0 Å². The van der Waals surface area contributed by atoms with Gasteiger partial charge < -0.3 is 10.1 Å². The highest BCUT2D eigenvalue weighted by molar-refractivity contribution is 7.11. The predicted molar refractivity (Wildman–Crippen MR) is 69.2 cm³/mol. The number of methoxy groups -OCH3 is 1. The zero-order valence-electron chi connectivity index (χ0n) is 10.7. The molecule has 0 saturated carbocycles. The van der Waals surface area contributed by atoms with Gasteiger partial charge in [0, 0.05) is 31.1 Å². The monoisotopic (exact) mass is 242 g/mol. The summed E-state index contributed by atoms with van der Waals surface area (Å²) in [4.78, 5) is 5.91. The van der Waals surface area contributed by atoms with Crippen LogP contribution in [0, 0.1) is 13.8 Å². The van der Waals surface area contributed by atoms with E-state index in [4.69, 9.17) is 4.74 Å². The lowest BCUT2D eigenvalue weighted by Gasteiger charge is -2.14. The third-order valence-electron chi connectivity index (χ3n) is 2.80. The van der Waals surface area contributed by atoms with Crippen LogP contribution in [0.5, 0.6) is 0 Å². The third kappa shape index (κ3) is 4.20. The number of hydrogen-bond donors (Lipinski definition) is 1. The summed E-state index contributed by atoms with van der Waals surface area (Å²) in [6.45, 7) is 5.05. The SMILES string of the molecule is CNC(CCCOC)Cc1nc(C)c(C)s1. The van der Waals surface area contributed by atoms with Crippen LogP contribution in [0.3, 0.4) is 0 Å². The molecule has 0 bridgehead atoms. The van der Waals surface area contributed by atoms with Crippen molar-refractivity contribution in [1.82, 2.24) is 10.3 Å². The lowest BCUT2D eigenvalue weighted by atomic mass is 10.1. The van der Waals surface area contributed by atoms with E-state index in [1.165, 1.54) is 15.6 Å². The minimum atomic E-state index is 0.514. The summed E-state index contributed by atoms with van der Waals surface area (Å²) < 4.78 is 5.07. The fraction of sp³-hybridized carbons (Fsp3) is 0.750. The fourth-order valence-electron chi connectivity index (χ4n) is 1.66. The maximum atomic E-state index is 5.07. The third-order valence-corrected chi connectivity index (χ3v) is 3.90. The molecular weight excluding hydrogens is 220 g/mol. The molecule has 1 heterocycles. The van der Waals surface area contributed by atoms with E-state index in [0.717, 1.165) is 25.9 Å². The first-order valence-electron chi connectivity index (χ1n) is 5.76. The molecule has 0 saturated heterocycles. The van der Waals surface area contributed by atoms with Gasteiger partial charge in [-0.25, -0.2) is 4.98 Å². The van der Waals surface area contributed by atoms with Gasteiger partial charge in [0.1, 0.15) is 0 Å². The maximum absolute atomic E-state index is 5.07. The Morgan fingerprint density at radius 3 is 2.69 bits per heavy atom. The molecule has 0 radical (unpaired) electrons. The second kappa shape index (κ2) is 6.99. The molecule has 16 heavy (non-hydrogen) atoms. The summed E-state index contributed by atoms with van der Waals surface area (Å²) in [6, 6.07) is 0.514. The summed E-state index contributed by atoms with van der Waals surface area (Å²) in [7, 11) is 3.77. The number of aryl methyl sites for hydroxylation is 2. The molecule has 0 aliphatic rings. The van der Waals surface area contributed by atoms with Crippen LogP contribution in [-0.4, -0.2) is 31.8 Å². The first-order valence-corrected chi connectivity index (χ1v) is 6.58. The Balaban J connectivity index is 2.43. The summed E-state index contributed by atoms with van der Waals surface area (Å²) in [5.41, 5.74) is 1.17. The molecule has 1 rings (SSSR count). The van der Waals surface area contributed by atoms with Crippen molar-refractivity contribution in [2.45, 2.75) is 39.2 Å². The van der Waals surface area contributed by atoms with Crippen LogP contribution < -0.4 is 5.32 Å². The highest BCUT2D eigenvalue weighted by Crippen LogP contribution is 2.18. The van der Waals surface area contributed by atoms with Crippen LogP contribution in [0.2, 0.25) is 0 Å². The first-order chi connectivity index (χ1) is 7.67. The van der Waals surface area contributed by atoms with Crippen molar-refractivity contribution in [1.29, 1.82) is 0 Å². The fourth-order valence-corrected chi connectivity index (χ4v) is 2.67. The minimum absolute atomic E-state index is 0.514. The van der Waals surface area contributed by atoms with Gasteiger partial charge in [-0.15, -0.1) is 11.3 Å². The van der Waals surface area contributed by atoms with Crippen LogP contribution in [0.25, 0.3) is 0 Å². The molecule has 92 valence electrons. The molecule has 1 atom stereocenters. The number of rotatable bonds is 7. The number of likely N-dealkylation sites (N-methyl/N-ethyl adjacent to an activating group) is 1. The van der Waals surface area contributed by atoms with E-state index in [2.05, 4.69) is 24.1 Å². The Hall–Kier alpha value is -0.450. The number of nitrogens with zero attached hydrogens (tertiary/aromatic N) is 1. The van der Waals surface area contributed by atoms with Crippen molar-refractivity contribution in [2.75, 3.05) is 20.8 Å². The van der Waals surface area contributed by atoms with Gasteiger partial charge in [-0.05, 0) is 33.7 Å². The number of nitrogens with one attached hydrogen (secondary N) is 1. The first kappa shape index (κ1) is 13.6. The topological polar surface area (TPSA) is 34.1 Å². The molecule has 1 aromatic rings. The molecular formula is C12H22N2OS. The Labute approximate surface area is 102 Å². The van der Waals surface area contributed by atoms with E-state index in [-0.39, 0.29) is 0 Å². The van der Waals surface area contributed by atoms with Gasteiger partial charge in [0.2, 0.25) is 0 Å².